The van der Waals surface area contributed by atoms with Crippen LogP contribution in [0, 0.1) is 23.7 Å². The molecule has 3 heteroatoms. The van der Waals surface area contributed by atoms with E-state index >= 15 is 0 Å². The van der Waals surface area contributed by atoms with Gasteiger partial charge in [0, 0.05) is 0 Å². The molecule has 17 heavy (non-hydrogen) atoms. The van der Waals surface area contributed by atoms with Crippen LogP contribution in [0.15, 0.2) is 18.4 Å². The van der Waals surface area contributed by atoms with Crippen molar-refractivity contribution in [1.82, 2.24) is 0 Å². The quantitative estimate of drug-likeness (QED) is 0.315. The van der Waals surface area contributed by atoms with E-state index in [1.165, 1.54) is 18.9 Å². The van der Waals surface area contributed by atoms with Crippen molar-refractivity contribution in [2.75, 3.05) is 0 Å². The maximum Gasteiger partial charge on any atom is 0.338 e. The number of hydrogen-bond donors (Lipinski definition) is 0. The molecule has 4 aliphatic rings. The van der Waals surface area contributed by atoms with Gasteiger partial charge in [-0.25, -0.2) is 4.79 Å². The molecule has 1 aliphatic heterocycles. The minimum Gasteiger partial charge on any atom is -0.458 e. The van der Waals surface area contributed by atoms with Gasteiger partial charge in [0.05, 0.1) is 18.3 Å². The molecule has 1 saturated heterocycles. The first-order chi connectivity index (χ1) is 8.28. The van der Waals surface area contributed by atoms with E-state index in [0.717, 1.165) is 24.2 Å². The molecule has 2 bridgehead atoms. The van der Waals surface area contributed by atoms with Gasteiger partial charge in [-0.05, 0) is 42.9 Å². The third-order valence-electron chi connectivity index (χ3n) is 5.17. The number of ether oxygens (including phenoxy) is 2. The molecule has 0 aromatic rings. The van der Waals surface area contributed by atoms with Gasteiger partial charge in [0.1, 0.15) is 6.10 Å². The zero-order valence-corrected chi connectivity index (χ0v) is 9.67. The highest BCUT2D eigenvalue weighted by Gasteiger charge is 2.67. The summed E-state index contributed by atoms with van der Waals surface area (Å²) in [4.78, 5) is 11.4. The molecular weight excluding hydrogens is 216 g/mol. The summed E-state index contributed by atoms with van der Waals surface area (Å²) in [6.45, 7) is 3.39. The highest BCUT2D eigenvalue weighted by atomic mass is 16.6. The molecule has 0 radical (unpaired) electrons. The number of carbonyl (C=O) groups is 1. The Morgan fingerprint density at radius 1 is 1.35 bits per heavy atom. The average molecular weight is 232 g/mol. The Hall–Kier alpha value is -1.05. The van der Waals surface area contributed by atoms with E-state index in [9.17, 15) is 4.79 Å². The SMILES string of the molecule is C=C=CC(=O)OC1CC2CC1C1CC3OC3C21. The Morgan fingerprint density at radius 3 is 3.06 bits per heavy atom. The van der Waals surface area contributed by atoms with Crippen LogP contribution in [0.4, 0.5) is 0 Å². The van der Waals surface area contributed by atoms with Gasteiger partial charge in [-0.1, -0.05) is 6.58 Å². The largest absolute Gasteiger partial charge is 0.458 e. The Balaban J connectivity index is 1.48. The topological polar surface area (TPSA) is 38.8 Å². The molecule has 3 saturated carbocycles. The van der Waals surface area contributed by atoms with Crippen LogP contribution < -0.4 is 0 Å². The van der Waals surface area contributed by atoms with E-state index < -0.39 is 0 Å². The maximum atomic E-state index is 11.4. The summed E-state index contributed by atoms with van der Waals surface area (Å²) in [5.41, 5.74) is 2.48. The van der Waals surface area contributed by atoms with Gasteiger partial charge in [0.2, 0.25) is 0 Å². The average Bonchev–Trinajstić information content (AvgIpc) is 2.70. The van der Waals surface area contributed by atoms with Crippen LogP contribution in [0.2, 0.25) is 0 Å². The van der Waals surface area contributed by atoms with Crippen LogP contribution in [0.5, 0.6) is 0 Å². The van der Waals surface area contributed by atoms with Crippen molar-refractivity contribution >= 4 is 5.97 Å². The molecule has 1 heterocycles. The fourth-order valence-corrected chi connectivity index (χ4v) is 4.67. The fourth-order valence-electron chi connectivity index (χ4n) is 4.67. The normalized spacial score (nSPS) is 52.6. The van der Waals surface area contributed by atoms with Crippen LogP contribution in [0.1, 0.15) is 19.3 Å². The van der Waals surface area contributed by atoms with Crippen molar-refractivity contribution in [1.29, 1.82) is 0 Å². The lowest BCUT2D eigenvalue weighted by atomic mass is 9.79. The lowest BCUT2D eigenvalue weighted by Gasteiger charge is -2.31. The molecule has 3 aliphatic carbocycles. The van der Waals surface area contributed by atoms with E-state index in [1.54, 1.807) is 0 Å². The van der Waals surface area contributed by atoms with Crippen LogP contribution >= 0.6 is 0 Å². The smallest absolute Gasteiger partial charge is 0.338 e. The summed E-state index contributed by atoms with van der Waals surface area (Å²) in [5, 5.41) is 0. The van der Waals surface area contributed by atoms with E-state index in [-0.39, 0.29) is 12.1 Å². The molecule has 0 aromatic heterocycles. The van der Waals surface area contributed by atoms with E-state index in [0.29, 0.717) is 18.1 Å². The van der Waals surface area contributed by atoms with Gasteiger partial charge in [-0.2, -0.15) is 0 Å². The first-order valence-corrected chi connectivity index (χ1v) is 6.50. The van der Waals surface area contributed by atoms with Crippen LogP contribution in [-0.2, 0) is 14.3 Å². The molecule has 0 spiro atoms. The first-order valence-electron chi connectivity index (χ1n) is 6.50. The van der Waals surface area contributed by atoms with Crippen molar-refractivity contribution < 1.29 is 14.3 Å². The zero-order chi connectivity index (χ0) is 11.6. The van der Waals surface area contributed by atoms with Gasteiger partial charge in [0.25, 0.3) is 0 Å². The second-order valence-electron chi connectivity index (χ2n) is 5.84. The summed E-state index contributed by atoms with van der Waals surface area (Å²) in [7, 11) is 0. The molecule has 4 rings (SSSR count). The molecule has 0 N–H and O–H groups in total. The third kappa shape index (κ3) is 1.30. The second kappa shape index (κ2) is 3.24. The number of hydrogen-bond acceptors (Lipinski definition) is 3. The third-order valence-corrected chi connectivity index (χ3v) is 5.17. The summed E-state index contributed by atoms with van der Waals surface area (Å²) in [6, 6.07) is 0. The predicted octanol–water partition coefficient (Wildman–Crippen LogP) is 1.68. The Morgan fingerprint density at radius 2 is 2.24 bits per heavy atom. The minimum absolute atomic E-state index is 0.135. The minimum atomic E-state index is -0.284. The number of rotatable bonds is 2. The van der Waals surface area contributed by atoms with Gasteiger partial charge < -0.3 is 9.47 Å². The first kappa shape index (κ1) is 9.93. The van der Waals surface area contributed by atoms with Gasteiger partial charge in [-0.15, -0.1) is 5.73 Å². The molecular formula is C14H16O3. The molecule has 7 atom stereocenters. The highest BCUT2D eigenvalue weighted by Crippen LogP contribution is 2.64. The van der Waals surface area contributed by atoms with Crippen LogP contribution in [0.3, 0.4) is 0 Å². The molecule has 90 valence electrons. The van der Waals surface area contributed by atoms with E-state index in [4.69, 9.17) is 9.47 Å². The lowest BCUT2D eigenvalue weighted by molar-refractivity contribution is -0.147. The fraction of sp³-hybridized carbons (Fsp3) is 0.714. The number of esters is 1. The Kier molecular flexibility index (Phi) is 1.89. The van der Waals surface area contributed by atoms with E-state index in [2.05, 4.69) is 12.3 Å². The summed E-state index contributed by atoms with van der Waals surface area (Å²) in [5.74, 6) is 2.56. The van der Waals surface area contributed by atoms with Crippen LogP contribution in [0.25, 0.3) is 0 Å². The monoisotopic (exact) mass is 232 g/mol. The summed E-state index contributed by atoms with van der Waals surface area (Å²) >= 11 is 0. The van der Waals surface area contributed by atoms with Gasteiger partial charge >= 0.3 is 5.97 Å². The van der Waals surface area contributed by atoms with Gasteiger partial charge in [-0.3, -0.25) is 0 Å². The Labute approximate surface area is 100 Å². The predicted molar refractivity (Wildman–Crippen MR) is 60.1 cm³/mol. The van der Waals surface area contributed by atoms with Crippen molar-refractivity contribution in [2.24, 2.45) is 23.7 Å². The number of carbonyl (C=O) groups excluding carboxylic acids is 1. The van der Waals surface area contributed by atoms with E-state index in [1.807, 2.05) is 0 Å². The number of fused-ring (bicyclic) bond motifs is 7. The Bertz CT molecular complexity index is 423. The van der Waals surface area contributed by atoms with Crippen molar-refractivity contribution in [3.05, 3.63) is 18.4 Å². The van der Waals surface area contributed by atoms with Crippen molar-refractivity contribution in [3.8, 4) is 0 Å². The lowest BCUT2D eigenvalue weighted by Crippen LogP contribution is -2.34. The van der Waals surface area contributed by atoms with Crippen molar-refractivity contribution in [2.45, 2.75) is 37.6 Å². The molecule has 0 amide bonds. The maximum absolute atomic E-state index is 11.4. The van der Waals surface area contributed by atoms with Gasteiger partial charge in [0.15, 0.2) is 0 Å². The summed E-state index contributed by atoms with van der Waals surface area (Å²) in [6.07, 6.45) is 5.99. The zero-order valence-electron chi connectivity index (χ0n) is 9.67. The van der Waals surface area contributed by atoms with Crippen molar-refractivity contribution in [3.63, 3.8) is 0 Å². The summed E-state index contributed by atoms with van der Waals surface area (Å²) < 4.78 is 11.1. The second-order valence-corrected chi connectivity index (χ2v) is 5.84. The molecule has 0 aromatic carbocycles. The standard InChI is InChI=1S/C14H16O3/c1-2-3-12(15)16-10-5-7-4-8(10)9-6-11-14(17-11)13(7)9/h3,7-11,13-14H,1,4-6H2. The molecule has 3 nitrogen and oxygen atoms in total. The van der Waals surface area contributed by atoms with Crippen LogP contribution in [-0.4, -0.2) is 24.3 Å². The highest BCUT2D eigenvalue weighted by molar-refractivity contribution is 5.81. The molecule has 4 fully saturated rings. The molecule has 7 unspecified atom stereocenters. The number of epoxide rings is 1.